The molecule has 0 spiro atoms. The lowest BCUT2D eigenvalue weighted by Crippen LogP contribution is -2.56. The maximum absolute atomic E-state index is 14.2. The molecule has 1 N–H and O–H groups in total. The van der Waals surface area contributed by atoms with Crippen LogP contribution < -0.4 is 9.62 Å². The lowest BCUT2D eigenvalue weighted by molar-refractivity contribution is -0.140. The summed E-state index contributed by atoms with van der Waals surface area (Å²) in [6.07, 6.45) is 1.29. The Kier molecular flexibility index (Phi) is 10.5. The number of sulfonamides is 1. The van der Waals surface area contributed by atoms with Gasteiger partial charge in [-0.1, -0.05) is 77.8 Å². The highest BCUT2D eigenvalue weighted by molar-refractivity contribution is 7.92. The first-order valence-electron chi connectivity index (χ1n) is 13.2. The van der Waals surface area contributed by atoms with Crippen LogP contribution in [0.15, 0.2) is 66.7 Å². The van der Waals surface area contributed by atoms with Crippen LogP contribution in [0.3, 0.4) is 0 Å². The van der Waals surface area contributed by atoms with Crippen LogP contribution in [0, 0.1) is 13.8 Å². The van der Waals surface area contributed by atoms with Gasteiger partial charge in [-0.15, -0.1) is 0 Å². The summed E-state index contributed by atoms with van der Waals surface area (Å²) in [5.41, 5.74) is 2.80. The first-order chi connectivity index (χ1) is 19.1. The molecule has 3 aromatic rings. The molecule has 0 aliphatic carbocycles. The molecule has 0 aliphatic heterocycles. The number of rotatable bonds is 10. The summed E-state index contributed by atoms with van der Waals surface area (Å²) in [4.78, 5) is 29.5. The van der Waals surface area contributed by atoms with Crippen molar-refractivity contribution in [3.05, 3.63) is 99.0 Å². The summed E-state index contributed by atoms with van der Waals surface area (Å²) in [6.45, 7) is 8.71. The summed E-state index contributed by atoms with van der Waals surface area (Å²) in [5.74, 6) is -0.887. The van der Waals surface area contributed by atoms with Gasteiger partial charge in [-0.25, -0.2) is 8.42 Å². The maximum Gasteiger partial charge on any atom is 0.244 e. The molecule has 0 heterocycles. The molecule has 41 heavy (non-hydrogen) atoms. The van der Waals surface area contributed by atoms with Crippen LogP contribution in [0.4, 0.5) is 5.69 Å². The number of halogens is 2. The molecule has 0 aliphatic rings. The third-order valence-corrected chi connectivity index (χ3v) is 8.33. The van der Waals surface area contributed by atoms with Gasteiger partial charge in [-0.3, -0.25) is 13.9 Å². The van der Waals surface area contributed by atoms with Gasteiger partial charge in [-0.05, 0) is 69.0 Å². The number of nitrogens with zero attached hydrogens (tertiary/aromatic N) is 2. The lowest BCUT2D eigenvalue weighted by Gasteiger charge is -2.35. The van der Waals surface area contributed by atoms with Crippen LogP contribution in [0.25, 0.3) is 0 Å². The summed E-state index contributed by atoms with van der Waals surface area (Å²) in [6, 6.07) is 18.9. The zero-order chi connectivity index (χ0) is 30.5. The van der Waals surface area contributed by atoms with Gasteiger partial charge in [0, 0.05) is 18.5 Å². The molecule has 220 valence electrons. The number of carbonyl (C=O) groups excluding carboxylic acids is 2. The minimum absolute atomic E-state index is 0.00907. The van der Waals surface area contributed by atoms with Crippen LogP contribution in [0.2, 0.25) is 10.0 Å². The molecular weight excluding hydrogens is 581 g/mol. The molecule has 1 atom stereocenters. The van der Waals surface area contributed by atoms with Crippen molar-refractivity contribution in [3.63, 3.8) is 0 Å². The van der Waals surface area contributed by atoms with Crippen molar-refractivity contribution in [2.75, 3.05) is 17.1 Å². The number of hydrogen-bond donors (Lipinski definition) is 1. The second-order valence-electron chi connectivity index (χ2n) is 11.2. The second-order valence-corrected chi connectivity index (χ2v) is 13.9. The van der Waals surface area contributed by atoms with Crippen molar-refractivity contribution in [2.45, 2.75) is 59.2 Å². The van der Waals surface area contributed by atoms with Crippen molar-refractivity contribution in [3.8, 4) is 0 Å². The Morgan fingerprint density at radius 3 is 2.02 bits per heavy atom. The Morgan fingerprint density at radius 1 is 0.878 bits per heavy atom. The van der Waals surface area contributed by atoms with Crippen molar-refractivity contribution in [2.24, 2.45) is 0 Å². The molecule has 0 aromatic heterocycles. The average Bonchev–Trinajstić information content (AvgIpc) is 2.86. The fourth-order valence-corrected chi connectivity index (χ4v) is 5.90. The summed E-state index contributed by atoms with van der Waals surface area (Å²) in [5, 5.41) is 3.67. The van der Waals surface area contributed by atoms with Crippen molar-refractivity contribution in [1.29, 1.82) is 0 Å². The van der Waals surface area contributed by atoms with Crippen LogP contribution in [-0.4, -0.2) is 49.5 Å². The molecule has 7 nitrogen and oxygen atoms in total. The Hall–Kier alpha value is -3.07. The van der Waals surface area contributed by atoms with Crippen molar-refractivity contribution < 1.29 is 18.0 Å². The highest BCUT2D eigenvalue weighted by Gasteiger charge is 2.35. The number of amides is 2. The monoisotopic (exact) mass is 617 g/mol. The number of anilines is 1. The minimum Gasteiger partial charge on any atom is -0.350 e. The highest BCUT2D eigenvalue weighted by Crippen LogP contribution is 2.28. The van der Waals surface area contributed by atoms with Gasteiger partial charge in [0.05, 0.1) is 22.0 Å². The van der Waals surface area contributed by atoms with E-state index in [-0.39, 0.29) is 18.9 Å². The van der Waals surface area contributed by atoms with E-state index in [0.717, 1.165) is 16.1 Å². The van der Waals surface area contributed by atoms with E-state index < -0.39 is 34.1 Å². The Balaban J connectivity index is 2.13. The summed E-state index contributed by atoms with van der Waals surface area (Å²) in [7, 11) is -3.86. The van der Waals surface area contributed by atoms with Gasteiger partial charge in [-0.2, -0.15) is 0 Å². The highest BCUT2D eigenvalue weighted by atomic mass is 35.5. The summed E-state index contributed by atoms with van der Waals surface area (Å²) < 4.78 is 27.2. The quantitative estimate of drug-likeness (QED) is 0.305. The molecule has 0 radical (unpaired) electrons. The predicted molar refractivity (Wildman–Crippen MR) is 167 cm³/mol. The van der Waals surface area contributed by atoms with Gasteiger partial charge in [0.1, 0.15) is 12.6 Å². The van der Waals surface area contributed by atoms with Crippen LogP contribution in [0.5, 0.6) is 0 Å². The molecule has 0 saturated heterocycles. The molecule has 0 bridgehead atoms. The lowest BCUT2D eigenvalue weighted by atomic mass is 10.0. The van der Waals surface area contributed by atoms with E-state index >= 15 is 0 Å². The van der Waals surface area contributed by atoms with E-state index in [0.29, 0.717) is 32.4 Å². The van der Waals surface area contributed by atoms with E-state index in [2.05, 4.69) is 5.32 Å². The third-order valence-electron chi connectivity index (χ3n) is 6.47. The standard InChI is InChI=1S/C31H37Cl2N3O4S/c1-21-11-10-12-22(2)29(21)36(41(6,39)40)20-28(37)35(19-24-15-16-25(32)26(33)17-24)27(30(38)34-31(3,4)5)18-23-13-8-7-9-14-23/h7-17,27H,18-20H2,1-6H3,(H,34,38)/t27-/m1/s1. The predicted octanol–water partition coefficient (Wildman–Crippen LogP) is 5.93. The molecular formula is C31H37Cl2N3O4S. The number of aryl methyl sites for hydroxylation is 2. The number of benzene rings is 3. The van der Waals surface area contributed by atoms with Gasteiger partial charge in [0.2, 0.25) is 21.8 Å². The number of carbonyl (C=O) groups is 2. The van der Waals surface area contributed by atoms with Gasteiger partial charge < -0.3 is 10.2 Å². The Morgan fingerprint density at radius 2 is 1.49 bits per heavy atom. The SMILES string of the molecule is Cc1cccc(C)c1N(CC(=O)N(Cc1ccc(Cl)c(Cl)c1)[C@H](Cc1ccccc1)C(=O)NC(C)(C)C)S(C)(=O)=O. The molecule has 3 rings (SSSR count). The van der Waals surface area contributed by atoms with Crippen LogP contribution in [0.1, 0.15) is 43.0 Å². The van der Waals surface area contributed by atoms with Gasteiger partial charge >= 0.3 is 0 Å². The maximum atomic E-state index is 14.2. The fraction of sp³-hybridized carbons (Fsp3) is 0.355. The topological polar surface area (TPSA) is 86.8 Å². The van der Waals surface area contributed by atoms with E-state index in [1.165, 1.54) is 4.90 Å². The van der Waals surface area contributed by atoms with Crippen molar-refractivity contribution in [1.82, 2.24) is 10.2 Å². The zero-order valence-corrected chi connectivity index (χ0v) is 26.6. The molecule has 0 saturated carbocycles. The third kappa shape index (κ3) is 8.96. The fourth-order valence-electron chi connectivity index (χ4n) is 4.62. The van der Waals surface area contributed by atoms with E-state index in [1.807, 2.05) is 57.2 Å². The van der Waals surface area contributed by atoms with Gasteiger partial charge in [0.15, 0.2) is 0 Å². The first kappa shape index (κ1) is 32.4. The smallest absolute Gasteiger partial charge is 0.244 e. The molecule has 3 aromatic carbocycles. The number of para-hydroxylation sites is 1. The van der Waals surface area contributed by atoms with Crippen molar-refractivity contribution >= 4 is 50.7 Å². The molecule has 2 amide bonds. The van der Waals surface area contributed by atoms with Gasteiger partial charge in [0.25, 0.3) is 0 Å². The zero-order valence-electron chi connectivity index (χ0n) is 24.2. The first-order valence-corrected chi connectivity index (χ1v) is 15.8. The largest absolute Gasteiger partial charge is 0.350 e. The van der Waals surface area contributed by atoms with Crippen LogP contribution in [-0.2, 0) is 32.6 Å². The van der Waals surface area contributed by atoms with E-state index in [4.69, 9.17) is 23.2 Å². The second kappa shape index (κ2) is 13.3. The van der Waals surface area contributed by atoms with E-state index in [1.54, 1.807) is 44.2 Å². The molecule has 0 fully saturated rings. The average molecular weight is 619 g/mol. The summed E-state index contributed by atoms with van der Waals surface area (Å²) >= 11 is 12.4. The van der Waals surface area contributed by atoms with E-state index in [9.17, 15) is 18.0 Å². The molecule has 10 heteroatoms. The number of nitrogens with one attached hydrogen (secondary N) is 1. The minimum atomic E-state index is -3.86. The normalized spacial score (nSPS) is 12.5. The Labute approximate surface area is 253 Å². The number of hydrogen-bond acceptors (Lipinski definition) is 4. The molecule has 0 unspecified atom stereocenters. The van der Waals surface area contributed by atoms with Crippen LogP contribution >= 0.6 is 23.2 Å². The Bertz CT molecular complexity index is 1490.